The molecule has 0 aliphatic carbocycles. The monoisotopic (exact) mass is 172 g/mol. The molecule has 0 spiro atoms. The molecule has 0 saturated carbocycles. The van der Waals surface area contributed by atoms with Crippen LogP contribution in [0.3, 0.4) is 0 Å². The van der Waals surface area contributed by atoms with Gasteiger partial charge in [0.1, 0.15) is 5.78 Å². The number of amides is 1. The van der Waals surface area contributed by atoms with E-state index in [1.807, 2.05) is 13.8 Å². The van der Waals surface area contributed by atoms with Crippen molar-refractivity contribution in [2.24, 2.45) is 5.73 Å². The standard InChI is InChI=1S/C8H16N2O2/c1-6(2)10-8(12)4-3-7(11)5-9/h6H,3-5,9H2,1-2H3,(H,10,12). The fraction of sp³-hybridized carbons (Fsp3) is 0.750. The fourth-order valence-electron chi connectivity index (χ4n) is 0.749. The Hall–Kier alpha value is -0.900. The second-order valence-corrected chi connectivity index (χ2v) is 2.97. The molecule has 4 nitrogen and oxygen atoms in total. The van der Waals surface area contributed by atoms with Crippen molar-refractivity contribution >= 4 is 11.7 Å². The highest BCUT2D eigenvalue weighted by atomic mass is 16.2. The summed E-state index contributed by atoms with van der Waals surface area (Å²) < 4.78 is 0. The van der Waals surface area contributed by atoms with E-state index in [1.165, 1.54) is 0 Å². The summed E-state index contributed by atoms with van der Waals surface area (Å²) in [6, 6.07) is 0.130. The molecule has 70 valence electrons. The number of rotatable bonds is 5. The van der Waals surface area contributed by atoms with E-state index in [9.17, 15) is 9.59 Å². The van der Waals surface area contributed by atoms with E-state index >= 15 is 0 Å². The number of nitrogens with one attached hydrogen (secondary N) is 1. The molecular weight excluding hydrogens is 156 g/mol. The molecule has 0 radical (unpaired) electrons. The van der Waals surface area contributed by atoms with E-state index in [4.69, 9.17) is 5.73 Å². The second-order valence-electron chi connectivity index (χ2n) is 2.97. The van der Waals surface area contributed by atoms with Gasteiger partial charge in [-0.15, -0.1) is 0 Å². The summed E-state index contributed by atoms with van der Waals surface area (Å²) in [6.07, 6.45) is 0.489. The summed E-state index contributed by atoms with van der Waals surface area (Å²) in [4.78, 5) is 21.7. The minimum Gasteiger partial charge on any atom is -0.354 e. The Balaban J connectivity index is 3.51. The maximum Gasteiger partial charge on any atom is 0.220 e. The SMILES string of the molecule is CC(C)NC(=O)CCC(=O)CN. The van der Waals surface area contributed by atoms with Gasteiger partial charge in [0.25, 0.3) is 0 Å². The zero-order chi connectivity index (χ0) is 9.56. The Labute approximate surface area is 72.5 Å². The molecular formula is C8H16N2O2. The first kappa shape index (κ1) is 11.1. The Morgan fingerprint density at radius 2 is 1.92 bits per heavy atom. The largest absolute Gasteiger partial charge is 0.354 e. The lowest BCUT2D eigenvalue weighted by Gasteiger charge is -2.06. The van der Waals surface area contributed by atoms with Crippen molar-refractivity contribution < 1.29 is 9.59 Å². The van der Waals surface area contributed by atoms with Gasteiger partial charge in [-0.1, -0.05) is 0 Å². The molecule has 0 aliphatic heterocycles. The van der Waals surface area contributed by atoms with E-state index < -0.39 is 0 Å². The van der Waals surface area contributed by atoms with Crippen LogP contribution in [-0.2, 0) is 9.59 Å². The van der Waals surface area contributed by atoms with Gasteiger partial charge < -0.3 is 11.1 Å². The molecule has 0 rings (SSSR count). The van der Waals surface area contributed by atoms with Gasteiger partial charge in [0.2, 0.25) is 5.91 Å². The maximum absolute atomic E-state index is 11.0. The van der Waals surface area contributed by atoms with Crippen molar-refractivity contribution in [3.05, 3.63) is 0 Å². The number of hydrogen-bond acceptors (Lipinski definition) is 3. The van der Waals surface area contributed by atoms with Crippen LogP contribution in [0.15, 0.2) is 0 Å². The predicted octanol–water partition coefficient (Wildman–Crippen LogP) is -0.181. The highest BCUT2D eigenvalue weighted by Gasteiger charge is 2.05. The van der Waals surface area contributed by atoms with Crippen LogP contribution in [0.25, 0.3) is 0 Å². The summed E-state index contributed by atoms with van der Waals surface area (Å²) >= 11 is 0. The average molecular weight is 172 g/mol. The number of carbonyl (C=O) groups excluding carboxylic acids is 2. The Morgan fingerprint density at radius 3 is 2.33 bits per heavy atom. The van der Waals surface area contributed by atoms with Crippen molar-refractivity contribution in [1.29, 1.82) is 0 Å². The van der Waals surface area contributed by atoms with E-state index in [2.05, 4.69) is 5.32 Å². The lowest BCUT2D eigenvalue weighted by atomic mass is 10.2. The number of ketones is 1. The highest BCUT2D eigenvalue weighted by Crippen LogP contribution is 1.90. The van der Waals surface area contributed by atoms with Gasteiger partial charge in [0.05, 0.1) is 6.54 Å². The zero-order valence-electron chi connectivity index (χ0n) is 7.59. The number of nitrogens with two attached hydrogens (primary N) is 1. The Bertz CT molecular complexity index is 166. The van der Waals surface area contributed by atoms with Crippen LogP contribution in [0, 0.1) is 0 Å². The molecule has 0 aromatic rings. The summed E-state index contributed by atoms with van der Waals surface area (Å²) in [5, 5.41) is 2.69. The summed E-state index contributed by atoms with van der Waals surface area (Å²) in [6.45, 7) is 3.78. The molecule has 12 heavy (non-hydrogen) atoms. The van der Waals surface area contributed by atoms with Gasteiger partial charge in [0.15, 0.2) is 0 Å². The Kier molecular flexibility index (Phi) is 5.28. The van der Waals surface area contributed by atoms with Crippen molar-refractivity contribution in [3.8, 4) is 0 Å². The van der Waals surface area contributed by atoms with Gasteiger partial charge in [-0.3, -0.25) is 9.59 Å². The van der Waals surface area contributed by atoms with E-state index in [0.717, 1.165) is 0 Å². The lowest BCUT2D eigenvalue weighted by molar-refractivity contribution is -0.125. The van der Waals surface area contributed by atoms with E-state index in [0.29, 0.717) is 0 Å². The van der Waals surface area contributed by atoms with Gasteiger partial charge in [-0.2, -0.15) is 0 Å². The van der Waals surface area contributed by atoms with Crippen LogP contribution in [0.1, 0.15) is 26.7 Å². The summed E-state index contributed by atoms with van der Waals surface area (Å²) in [7, 11) is 0. The molecule has 0 aliphatic rings. The van der Waals surface area contributed by atoms with E-state index in [1.54, 1.807) is 0 Å². The lowest BCUT2D eigenvalue weighted by Crippen LogP contribution is -2.30. The molecule has 0 saturated heterocycles. The van der Waals surface area contributed by atoms with Crippen LogP contribution in [0.5, 0.6) is 0 Å². The Morgan fingerprint density at radius 1 is 1.33 bits per heavy atom. The first-order valence-electron chi connectivity index (χ1n) is 4.07. The highest BCUT2D eigenvalue weighted by molar-refractivity contribution is 5.85. The third-order valence-corrected chi connectivity index (χ3v) is 1.31. The molecule has 0 fully saturated rings. The summed E-state index contributed by atoms with van der Waals surface area (Å²) in [5.41, 5.74) is 5.08. The van der Waals surface area contributed by atoms with Crippen LogP contribution >= 0.6 is 0 Å². The molecule has 4 heteroatoms. The first-order chi connectivity index (χ1) is 5.56. The number of Topliss-reactive ketones (excluding diaryl/α,β-unsaturated/α-hetero) is 1. The molecule has 0 aromatic carbocycles. The first-order valence-corrected chi connectivity index (χ1v) is 4.07. The second kappa shape index (κ2) is 5.71. The zero-order valence-corrected chi connectivity index (χ0v) is 7.59. The molecule has 1 amide bonds. The average Bonchev–Trinajstić information content (AvgIpc) is 1.99. The van der Waals surface area contributed by atoms with Gasteiger partial charge >= 0.3 is 0 Å². The predicted molar refractivity (Wildman–Crippen MR) is 46.6 cm³/mol. The number of hydrogen-bond donors (Lipinski definition) is 2. The fourth-order valence-corrected chi connectivity index (χ4v) is 0.749. The van der Waals surface area contributed by atoms with Crippen molar-refractivity contribution in [1.82, 2.24) is 5.32 Å². The smallest absolute Gasteiger partial charge is 0.220 e. The van der Waals surface area contributed by atoms with Crippen molar-refractivity contribution in [3.63, 3.8) is 0 Å². The molecule has 0 unspecified atom stereocenters. The normalized spacial score (nSPS) is 10.0. The van der Waals surface area contributed by atoms with Crippen LogP contribution in [-0.4, -0.2) is 24.3 Å². The molecule has 0 bridgehead atoms. The summed E-state index contributed by atoms with van der Waals surface area (Å²) in [5.74, 6) is -0.166. The molecule has 3 N–H and O–H groups in total. The molecule has 0 heterocycles. The number of carbonyl (C=O) groups is 2. The molecule has 0 atom stereocenters. The third kappa shape index (κ3) is 5.85. The third-order valence-electron chi connectivity index (χ3n) is 1.31. The minimum atomic E-state index is -0.0909. The van der Waals surface area contributed by atoms with Crippen LogP contribution in [0.2, 0.25) is 0 Å². The van der Waals surface area contributed by atoms with Crippen LogP contribution < -0.4 is 11.1 Å². The minimum absolute atomic E-state index is 0.0228. The van der Waals surface area contributed by atoms with Crippen molar-refractivity contribution in [2.45, 2.75) is 32.7 Å². The molecule has 0 aromatic heterocycles. The van der Waals surface area contributed by atoms with Gasteiger partial charge in [-0.05, 0) is 13.8 Å². The van der Waals surface area contributed by atoms with E-state index in [-0.39, 0.29) is 37.1 Å². The van der Waals surface area contributed by atoms with Crippen LogP contribution in [0.4, 0.5) is 0 Å². The van der Waals surface area contributed by atoms with Crippen molar-refractivity contribution in [2.75, 3.05) is 6.54 Å². The van der Waals surface area contributed by atoms with Gasteiger partial charge in [-0.25, -0.2) is 0 Å². The topological polar surface area (TPSA) is 72.2 Å². The maximum atomic E-state index is 11.0. The quantitative estimate of drug-likeness (QED) is 0.604. The van der Waals surface area contributed by atoms with Gasteiger partial charge in [0, 0.05) is 18.9 Å².